The van der Waals surface area contributed by atoms with Gasteiger partial charge in [-0.1, -0.05) is 23.1 Å². The third-order valence-electron chi connectivity index (χ3n) is 5.28. The van der Waals surface area contributed by atoms with Crippen molar-refractivity contribution in [2.75, 3.05) is 5.75 Å². The quantitative estimate of drug-likeness (QED) is 0.467. The molecule has 0 bridgehead atoms. The highest BCUT2D eigenvalue weighted by Crippen LogP contribution is 2.31. The summed E-state index contributed by atoms with van der Waals surface area (Å²) >= 11 is 3.01. The summed E-state index contributed by atoms with van der Waals surface area (Å²) in [5.74, 6) is 0.281. The highest BCUT2D eigenvalue weighted by Gasteiger charge is 2.26. The maximum absolute atomic E-state index is 13.2. The van der Waals surface area contributed by atoms with Gasteiger partial charge in [-0.2, -0.15) is 0 Å². The number of carbonyl (C=O) groups is 1. The van der Waals surface area contributed by atoms with Crippen LogP contribution < -0.4 is 10.9 Å². The van der Waals surface area contributed by atoms with Gasteiger partial charge < -0.3 is 5.32 Å². The zero-order valence-electron chi connectivity index (χ0n) is 16.5. The molecule has 0 saturated carbocycles. The first-order valence-corrected chi connectivity index (χ1v) is 11.5. The van der Waals surface area contributed by atoms with E-state index in [1.807, 2.05) is 17.5 Å². The number of thioether (sulfide) groups is 1. The number of benzene rings is 1. The molecular weight excluding hydrogens is 437 g/mol. The van der Waals surface area contributed by atoms with Crippen molar-refractivity contribution in [3.8, 4) is 11.3 Å². The molecule has 10 heteroatoms. The minimum Gasteiger partial charge on any atom is -0.351 e. The van der Waals surface area contributed by atoms with Crippen LogP contribution in [-0.4, -0.2) is 30.6 Å². The Hall–Kier alpha value is -2.98. The van der Waals surface area contributed by atoms with Gasteiger partial charge in [0.1, 0.15) is 5.82 Å². The Bertz CT molecular complexity index is 1340. The third-order valence-corrected chi connectivity index (χ3v) is 7.54. The average Bonchev–Trinajstić information content (AvgIpc) is 3.43. The predicted octanol–water partition coefficient (Wildman–Crippen LogP) is 3.42. The van der Waals surface area contributed by atoms with Crippen molar-refractivity contribution >= 4 is 34.0 Å². The average molecular weight is 456 g/mol. The largest absolute Gasteiger partial charge is 0.351 e. The maximum atomic E-state index is 13.2. The second kappa shape index (κ2) is 7.93. The van der Waals surface area contributed by atoms with Gasteiger partial charge in [0, 0.05) is 46.8 Å². The molecule has 4 heterocycles. The number of fused-ring (bicyclic) bond motifs is 2. The van der Waals surface area contributed by atoms with Crippen molar-refractivity contribution in [3.63, 3.8) is 0 Å². The number of hydrogen-bond acceptors (Lipinski definition) is 6. The number of carbonyl (C=O) groups excluding carboxylic acids is 1. The summed E-state index contributed by atoms with van der Waals surface area (Å²) in [5, 5.41) is 3.63. The lowest BCUT2D eigenvalue weighted by molar-refractivity contribution is -0.121. The molecule has 0 fully saturated rings. The highest BCUT2D eigenvalue weighted by atomic mass is 32.2. The Morgan fingerprint density at radius 3 is 2.87 bits per heavy atom. The number of aryl methyl sites for hydroxylation is 1. The van der Waals surface area contributed by atoms with Gasteiger partial charge in [0.2, 0.25) is 5.91 Å². The molecule has 1 amide bonds. The fourth-order valence-corrected chi connectivity index (χ4v) is 5.79. The molecule has 4 aromatic rings. The fraction of sp³-hybridized carbons (Fsp3) is 0.238. The summed E-state index contributed by atoms with van der Waals surface area (Å²) in [4.78, 5) is 35.3. The van der Waals surface area contributed by atoms with Crippen LogP contribution in [0.15, 0.2) is 52.7 Å². The van der Waals surface area contributed by atoms with Crippen LogP contribution in [0.25, 0.3) is 16.2 Å². The van der Waals surface area contributed by atoms with E-state index < -0.39 is 0 Å². The number of imidazole rings is 1. The minimum atomic E-state index is -0.278. The van der Waals surface area contributed by atoms with Gasteiger partial charge >= 0.3 is 0 Å². The Labute approximate surface area is 185 Å². The van der Waals surface area contributed by atoms with Crippen molar-refractivity contribution in [3.05, 3.63) is 69.5 Å². The van der Waals surface area contributed by atoms with E-state index in [2.05, 4.69) is 15.3 Å². The zero-order chi connectivity index (χ0) is 21.5. The number of aromatic nitrogens is 4. The fourth-order valence-electron chi connectivity index (χ4n) is 3.62. The van der Waals surface area contributed by atoms with E-state index in [1.54, 1.807) is 16.7 Å². The Balaban J connectivity index is 1.27. The van der Waals surface area contributed by atoms with Crippen molar-refractivity contribution in [1.29, 1.82) is 0 Å². The molecule has 158 valence electrons. The topological polar surface area (TPSA) is 81.3 Å². The summed E-state index contributed by atoms with van der Waals surface area (Å²) in [6.07, 6.45) is 3.66. The highest BCUT2D eigenvalue weighted by molar-refractivity contribution is 7.99. The van der Waals surface area contributed by atoms with Gasteiger partial charge in [0.05, 0.1) is 18.3 Å². The van der Waals surface area contributed by atoms with E-state index in [0.717, 1.165) is 26.8 Å². The molecule has 1 aromatic carbocycles. The van der Waals surface area contributed by atoms with Crippen LogP contribution in [-0.2, 0) is 11.3 Å². The van der Waals surface area contributed by atoms with Gasteiger partial charge in [-0.05, 0) is 31.2 Å². The summed E-state index contributed by atoms with van der Waals surface area (Å²) < 4.78 is 16.7. The van der Waals surface area contributed by atoms with Gasteiger partial charge in [-0.3, -0.25) is 18.6 Å². The molecule has 1 aliphatic rings. The van der Waals surface area contributed by atoms with Gasteiger partial charge in [0.25, 0.3) is 5.56 Å². The normalized spacial score (nSPS) is 15.4. The van der Waals surface area contributed by atoms with Crippen molar-refractivity contribution in [2.45, 2.75) is 31.1 Å². The molecule has 1 aliphatic heterocycles. The Morgan fingerprint density at radius 2 is 2.10 bits per heavy atom. The summed E-state index contributed by atoms with van der Waals surface area (Å²) in [6, 6.07) is 7.49. The Kier molecular flexibility index (Phi) is 5.11. The first kappa shape index (κ1) is 20.0. The van der Waals surface area contributed by atoms with E-state index in [4.69, 9.17) is 0 Å². The molecule has 0 radical (unpaired) electrons. The summed E-state index contributed by atoms with van der Waals surface area (Å²) in [7, 11) is 0. The first-order valence-electron chi connectivity index (χ1n) is 9.70. The number of hydrogen-bond donors (Lipinski definition) is 1. The van der Waals surface area contributed by atoms with Crippen LogP contribution in [0.1, 0.15) is 23.0 Å². The molecule has 0 saturated heterocycles. The molecular formula is C21H18FN5O2S2. The van der Waals surface area contributed by atoms with Crippen LogP contribution in [0.4, 0.5) is 4.39 Å². The molecule has 0 spiro atoms. The number of nitrogens with zero attached hydrogens (tertiary/aromatic N) is 4. The first-order chi connectivity index (χ1) is 15.0. The predicted molar refractivity (Wildman–Crippen MR) is 118 cm³/mol. The van der Waals surface area contributed by atoms with Crippen LogP contribution in [0.2, 0.25) is 0 Å². The lowest BCUT2D eigenvalue weighted by atomic mass is 10.2. The number of thiazole rings is 1. The lowest BCUT2D eigenvalue weighted by Gasteiger charge is -2.12. The molecule has 31 heavy (non-hydrogen) atoms. The van der Waals surface area contributed by atoms with Crippen LogP contribution in [0, 0.1) is 12.7 Å². The minimum absolute atomic E-state index is 0.105. The molecule has 7 nitrogen and oxygen atoms in total. The summed E-state index contributed by atoms with van der Waals surface area (Å²) in [5.41, 5.74) is 2.51. The SMILES string of the molecule is Cc1c(CNC(=O)CC2CSc3nccc(=O)n32)sc2nc(-c3ccc(F)cc3)cn12. The second-order valence-corrected chi connectivity index (χ2v) is 9.33. The van der Waals surface area contributed by atoms with Crippen molar-refractivity contribution in [2.24, 2.45) is 0 Å². The molecule has 5 rings (SSSR count). The molecule has 1 atom stereocenters. The molecule has 1 N–H and O–H groups in total. The van der Waals surface area contributed by atoms with Crippen LogP contribution >= 0.6 is 23.1 Å². The number of halogens is 1. The van der Waals surface area contributed by atoms with Crippen molar-refractivity contribution < 1.29 is 9.18 Å². The van der Waals surface area contributed by atoms with E-state index in [-0.39, 0.29) is 29.7 Å². The standard InChI is InChI=1S/C21H18FN5O2S2/c1-12-17(31-21-25-16(10-26(12)21)13-2-4-14(22)5-3-13)9-24-18(28)8-15-11-30-20-23-7-6-19(29)27(15)20/h2-7,10,15H,8-9,11H2,1H3,(H,24,28). The second-order valence-electron chi connectivity index (χ2n) is 7.28. The number of amides is 1. The lowest BCUT2D eigenvalue weighted by Crippen LogP contribution is -2.30. The van der Waals surface area contributed by atoms with E-state index in [0.29, 0.717) is 17.5 Å². The number of nitrogens with one attached hydrogen (secondary N) is 1. The van der Waals surface area contributed by atoms with E-state index >= 15 is 0 Å². The smallest absolute Gasteiger partial charge is 0.254 e. The third kappa shape index (κ3) is 3.77. The van der Waals surface area contributed by atoms with Gasteiger partial charge in [0.15, 0.2) is 10.1 Å². The number of rotatable bonds is 5. The van der Waals surface area contributed by atoms with E-state index in [9.17, 15) is 14.0 Å². The molecule has 1 unspecified atom stereocenters. The van der Waals surface area contributed by atoms with Crippen LogP contribution in [0.3, 0.4) is 0 Å². The molecule has 0 aliphatic carbocycles. The van der Waals surface area contributed by atoms with E-state index in [1.165, 1.54) is 47.5 Å². The molecule has 3 aromatic heterocycles. The van der Waals surface area contributed by atoms with Gasteiger partial charge in [-0.15, -0.1) is 0 Å². The van der Waals surface area contributed by atoms with Gasteiger partial charge in [-0.25, -0.2) is 14.4 Å². The Morgan fingerprint density at radius 1 is 1.29 bits per heavy atom. The summed E-state index contributed by atoms with van der Waals surface area (Å²) in [6.45, 7) is 2.38. The van der Waals surface area contributed by atoms with Crippen molar-refractivity contribution in [1.82, 2.24) is 24.3 Å². The monoisotopic (exact) mass is 455 g/mol. The van der Waals surface area contributed by atoms with Crippen LogP contribution in [0.5, 0.6) is 0 Å². The maximum Gasteiger partial charge on any atom is 0.254 e. The zero-order valence-corrected chi connectivity index (χ0v) is 18.2.